The van der Waals surface area contributed by atoms with Crippen LogP contribution in [-0.2, 0) is 0 Å². The molecular weight excluding hydrogens is 210 g/mol. The van der Waals surface area contributed by atoms with E-state index in [4.69, 9.17) is 0 Å². The average Bonchev–Trinajstić information content (AvgIpc) is 2.65. The minimum Gasteiger partial charge on any atom is -0.352 e. The molecule has 0 unspecified atom stereocenters. The molecule has 0 saturated heterocycles. The van der Waals surface area contributed by atoms with Crippen molar-refractivity contribution in [2.24, 2.45) is 5.92 Å². The van der Waals surface area contributed by atoms with Gasteiger partial charge >= 0.3 is 0 Å². The number of nitrogens with one attached hydrogen (secondary N) is 1. The van der Waals surface area contributed by atoms with Crippen molar-refractivity contribution in [3.63, 3.8) is 0 Å². The quantitative estimate of drug-likeness (QED) is 0.794. The molecule has 1 amide bonds. The standard InChI is InChI=1S/C15H21NO/c17-15(14-10-6-3-7-11-14)16-12-13-8-4-1-2-5-9-13/h3,6-7,10-11,13H,1-2,4-5,8-9,12H2,(H,16,17). The zero-order valence-electron chi connectivity index (χ0n) is 10.3. The number of carbonyl (C=O) groups is 1. The number of amides is 1. The van der Waals surface area contributed by atoms with Gasteiger partial charge < -0.3 is 5.32 Å². The lowest BCUT2D eigenvalue weighted by molar-refractivity contribution is 0.0946. The highest BCUT2D eigenvalue weighted by Gasteiger charge is 2.13. The Hall–Kier alpha value is -1.31. The van der Waals surface area contributed by atoms with Crippen molar-refractivity contribution in [2.45, 2.75) is 38.5 Å². The van der Waals surface area contributed by atoms with Crippen LogP contribution < -0.4 is 5.32 Å². The molecule has 17 heavy (non-hydrogen) atoms. The summed E-state index contributed by atoms with van der Waals surface area (Å²) in [6, 6.07) is 9.47. The van der Waals surface area contributed by atoms with E-state index in [0.717, 1.165) is 12.1 Å². The van der Waals surface area contributed by atoms with E-state index in [2.05, 4.69) is 5.32 Å². The third-order valence-corrected chi connectivity index (χ3v) is 3.56. The van der Waals surface area contributed by atoms with E-state index in [1.807, 2.05) is 30.3 Å². The zero-order chi connectivity index (χ0) is 11.9. The summed E-state index contributed by atoms with van der Waals surface area (Å²) >= 11 is 0. The molecule has 2 nitrogen and oxygen atoms in total. The van der Waals surface area contributed by atoms with Gasteiger partial charge in [-0.25, -0.2) is 0 Å². The normalized spacial score (nSPS) is 17.4. The van der Waals surface area contributed by atoms with Gasteiger partial charge in [0.15, 0.2) is 0 Å². The fraction of sp³-hybridized carbons (Fsp3) is 0.533. The SMILES string of the molecule is O=C(NCC1CCCCCC1)c1ccccc1. The molecule has 1 fully saturated rings. The van der Waals surface area contributed by atoms with Crippen LogP contribution in [0.15, 0.2) is 30.3 Å². The lowest BCUT2D eigenvalue weighted by Gasteiger charge is -2.14. The first-order chi connectivity index (χ1) is 8.36. The van der Waals surface area contributed by atoms with E-state index in [1.54, 1.807) is 0 Å². The first kappa shape index (κ1) is 12.2. The van der Waals surface area contributed by atoms with E-state index in [1.165, 1.54) is 38.5 Å². The molecule has 1 aromatic carbocycles. The molecule has 1 saturated carbocycles. The first-order valence-corrected chi connectivity index (χ1v) is 6.69. The molecule has 0 aromatic heterocycles. The summed E-state index contributed by atoms with van der Waals surface area (Å²) in [7, 11) is 0. The fourth-order valence-corrected chi connectivity index (χ4v) is 2.50. The maximum absolute atomic E-state index is 11.9. The van der Waals surface area contributed by atoms with E-state index in [9.17, 15) is 4.79 Å². The van der Waals surface area contributed by atoms with E-state index in [0.29, 0.717) is 5.92 Å². The Morgan fingerprint density at radius 2 is 1.71 bits per heavy atom. The van der Waals surface area contributed by atoms with E-state index < -0.39 is 0 Å². The van der Waals surface area contributed by atoms with Crippen LogP contribution in [0, 0.1) is 5.92 Å². The summed E-state index contributed by atoms with van der Waals surface area (Å²) in [5, 5.41) is 3.06. The lowest BCUT2D eigenvalue weighted by atomic mass is 10.0. The van der Waals surface area contributed by atoms with Crippen LogP contribution >= 0.6 is 0 Å². The van der Waals surface area contributed by atoms with Crippen molar-refractivity contribution in [3.8, 4) is 0 Å². The van der Waals surface area contributed by atoms with Crippen LogP contribution in [0.3, 0.4) is 0 Å². The highest BCUT2D eigenvalue weighted by molar-refractivity contribution is 5.94. The number of carbonyl (C=O) groups excluding carboxylic acids is 1. The summed E-state index contributed by atoms with van der Waals surface area (Å²) in [6.45, 7) is 0.841. The van der Waals surface area contributed by atoms with Crippen LogP contribution in [0.5, 0.6) is 0 Å². The van der Waals surface area contributed by atoms with Gasteiger partial charge in [0.05, 0.1) is 0 Å². The topological polar surface area (TPSA) is 29.1 Å². The monoisotopic (exact) mass is 231 g/mol. The van der Waals surface area contributed by atoms with Gasteiger partial charge in [0.1, 0.15) is 0 Å². The van der Waals surface area contributed by atoms with Gasteiger partial charge in [-0.2, -0.15) is 0 Å². The van der Waals surface area contributed by atoms with Crippen LogP contribution in [-0.4, -0.2) is 12.5 Å². The van der Waals surface area contributed by atoms with Crippen molar-refractivity contribution in [3.05, 3.63) is 35.9 Å². The Morgan fingerprint density at radius 3 is 2.35 bits per heavy atom. The molecule has 1 N–H and O–H groups in total. The Bertz CT molecular complexity index is 339. The Balaban J connectivity index is 1.79. The molecule has 0 atom stereocenters. The highest BCUT2D eigenvalue weighted by atomic mass is 16.1. The van der Waals surface area contributed by atoms with Crippen LogP contribution in [0.25, 0.3) is 0 Å². The number of hydrogen-bond donors (Lipinski definition) is 1. The molecular formula is C15H21NO. The van der Waals surface area contributed by atoms with Crippen molar-refractivity contribution in [1.82, 2.24) is 5.32 Å². The summed E-state index contributed by atoms with van der Waals surface area (Å²) in [5.41, 5.74) is 0.765. The van der Waals surface area contributed by atoms with Crippen molar-refractivity contribution >= 4 is 5.91 Å². The minimum absolute atomic E-state index is 0.0647. The fourth-order valence-electron chi connectivity index (χ4n) is 2.50. The largest absolute Gasteiger partial charge is 0.352 e. The van der Waals surface area contributed by atoms with E-state index >= 15 is 0 Å². The Kier molecular flexibility index (Phi) is 4.60. The molecule has 1 aliphatic rings. The molecule has 2 rings (SSSR count). The van der Waals surface area contributed by atoms with E-state index in [-0.39, 0.29) is 5.91 Å². The Labute approximate surface area is 103 Å². The molecule has 2 heteroatoms. The van der Waals surface area contributed by atoms with Crippen LogP contribution in [0.1, 0.15) is 48.9 Å². The second-order valence-corrected chi connectivity index (χ2v) is 4.93. The zero-order valence-corrected chi connectivity index (χ0v) is 10.3. The molecule has 0 spiro atoms. The van der Waals surface area contributed by atoms with Gasteiger partial charge in [0, 0.05) is 12.1 Å². The molecule has 0 bridgehead atoms. The first-order valence-electron chi connectivity index (χ1n) is 6.69. The van der Waals surface area contributed by atoms with Crippen molar-refractivity contribution in [1.29, 1.82) is 0 Å². The second-order valence-electron chi connectivity index (χ2n) is 4.93. The van der Waals surface area contributed by atoms with Crippen LogP contribution in [0.2, 0.25) is 0 Å². The molecule has 1 aliphatic carbocycles. The molecule has 0 aliphatic heterocycles. The van der Waals surface area contributed by atoms with Gasteiger partial charge in [-0.05, 0) is 30.9 Å². The minimum atomic E-state index is 0.0647. The van der Waals surface area contributed by atoms with Gasteiger partial charge in [0.25, 0.3) is 5.91 Å². The maximum Gasteiger partial charge on any atom is 0.251 e. The number of benzene rings is 1. The third-order valence-electron chi connectivity index (χ3n) is 3.56. The lowest BCUT2D eigenvalue weighted by Crippen LogP contribution is -2.29. The predicted molar refractivity (Wildman–Crippen MR) is 70.0 cm³/mol. The molecule has 1 aromatic rings. The van der Waals surface area contributed by atoms with Gasteiger partial charge in [0.2, 0.25) is 0 Å². The second kappa shape index (κ2) is 6.43. The third kappa shape index (κ3) is 3.88. The maximum atomic E-state index is 11.9. The Morgan fingerprint density at radius 1 is 1.06 bits per heavy atom. The van der Waals surface area contributed by atoms with Gasteiger partial charge in [-0.3, -0.25) is 4.79 Å². The van der Waals surface area contributed by atoms with Crippen LogP contribution in [0.4, 0.5) is 0 Å². The average molecular weight is 231 g/mol. The smallest absolute Gasteiger partial charge is 0.251 e. The number of rotatable bonds is 3. The molecule has 92 valence electrons. The van der Waals surface area contributed by atoms with Crippen molar-refractivity contribution in [2.75, 3.05) is 6.54 Å². The highest BCUT2D eigenvalue weighted by Crippen LogP contribution is 2.22. The van der Waals surface area contributed by atoms with Crippen molar-refractivity contribution < 1.29 is 4.79 Å². The molecule has 0 heterocycles. The van der Waals surface area contributed by atoms with Gasteiger partial charge in [-0.15, -0.1) is 0 Å². The summed E-state index contributed by atoms with van der Waals surface area (Å²) in [4.78, 5) is 11.9. The van der Waals surface area contributed by atoms with Gasteiger partial charge in [-0.1, -0.05) is 43.9 Å². The predicted octanol–water partition coefficient (Wildman–Crippen LogP) is 3.39. The summed E-state index contributed by atoms with van der Waals surface area (Å²) in [5.74, 6) is 0.750. The number of hydrogen-bond acceptors (Lipinski definition) is 1. The summed E-state index contributed by atoms with van der Waals surface area (Å²) in [6.07, 6.45) is 7.92. The molecule has 0 radical (unpaired) electrons. The summed E-state index contributed by atoms with van der Waals surface area (Å²) < 4.78 is 0.